The Morgan fingerprint density at radius 1 is 1.20 bits per heavy atom. The summed E-state index contributed by atoms with van der Waals surface area (Å²) in [4.78, 5) is 0. The van der Waals surface area contributed by atoms with Gasteiger partial charge in [0.25, 0.3) is 0 Å². The molecule has 2 unspecified atom stereocenters. The number of thiocarbonyl (C=S) groups is 1. The van der Waals surface area contributed by atoms with Crippen LogP contribution in [-0.4, -0.2) is 15.1 Å². The van der Waals surface area contributed by atoms with Crippen molar-refractivity contribution in [1.82, 2.24) is 0 Å². The van der Waals surface area contributed by atoms with E-state index in [1.165, 1.54) is 36.8 Å². The average Bonchev–Trinajstić information content (AvgIpc) is 2.72. The summed E-state index contributed by atoms with van der Waals surface area (Å²) >= 11 is 11.0. The van der Waals surface area contributed by atoms with Gasteiger partial charge in [-0.2, -0.15) is 0 Å². The van der Waals surface area contributed by atoms with Crippen molar-refractivity contribution in [3.8, 4) is 0 Å². The molecule has 106 valence electrons. The quantitative estimate of drug-likeness (QED) is 0.369. The lowest BCUT2D eigenvalue weighted by molar-refractivity contribution is -0.765. The van der Waals surface area contributed by atoms with Gasteiger partial charge in [-0.1, -0.05) is 40.3 Å². The van der Waals surface area contributed by atoms with Crippen LogP contribution in [-0.2, 0) is 0 Å². The number of hydrogen-bond acceptors (Lipinski definition) is 2. The zero-order valence-corrected chi connectivity index (χ0v) is 15.1. The van der Waals surface area contributed by atoms with Crippen molar-refractivity contribution in [3.63, 3.8) is 0 Å². The van der Waals surface area contributed by atoms with E-state index in [-0.39, 0.29) is 0 Å². The molecular formula is C16H19BrNS2+. The van der Waals surface area contributed by atoms with E-state index < -0.39 is 0 Å². The van der Waals surface area contributed by atoms with Crippen LogP contribution in [0.1, 0.15) is 44.2 Å². The van der Waals surface area contributed by atoms with Crippen LogP contribution < -0.4 is 0 Å². The molecule has 1 heterocycles. The van der Waals surface area contributed by atoms with Crippen LogP contribution in [0.25, 0.3) is 0 Å². The molecule has 0 saturated heterocycles. The lowest BCUT2D eigenvalue weighted by Crippen LogP contribution is -2.36. The standard InChI is InChI=1S/C16H19BrNS2/c1-11(12-7-9-13(17)10-8-12)18(2)15-6-4-3-5-14(15)16(19)20-18/h7-11H,3-6H2,1-2H3/q+1. The maximum atomic E-state index is 5.64. The Morgan fingerprint density at radius 3 is 2.55 bits per heavy atom. The van der Waals surface area contributed by atoms with E-state index >= 15 is 0 Å². The molecule has 0 radical (unpaired) electrons. The minimum atomic E-state index is 0.427. The minimum absolute atomic E-state index is 0.427. The van der Waals surface area contributed by atoms with E-state index in [0.717, 1.165) is 12.6 Å². The van der Waals surface area contributed by atoms with Crippen LogP contribution in [0.4, 0.5) is 0 Å². The number of rotatable bonds is 2. The number of quaternary nitrogens is 1. The molecule has 0 fully saturated rings. The van der Waals surface area contributed by atoms with E-state index in [4.69, 9.17) is 12.2 Å². The summed E-state index contributed by atoms with van der Waals surface area (Å²) in [5, 5.41) is 0. The summed E-state index contributed by atoms with van der Waals surface area (Å²) in [6.45, 7) is 2.32. The van der Waals surface area contributed by atoms with Crippen LogP contribution in [0, 0.1) is 0 Å². The third kappa shape index (κ3) is 2.41. The van der Waals surface area contributed by atoms with E-state index in [1.54, 1.807) is 5.70 Å². The SMILES string of the molecule is CC(c1ccc(Br)cc1)[N+]1(C)SC(=S)C2=C1CCCC2. The zero-order valence-electron chi connectivity index (χ0n) is 11.9. The highest BCUT2D eigenvalue weighted by Gasteiger charge is 2.47. The van der Waals surface area contributed by atoms with Crippen molar-refractivity contribution >= 4 is 44.3 Å². The second kappa shape index (κ2) is 5.56. The lowest BCUT2D eigenvalue weighted by atomic mass is 9.95. The highest BCUT2D eigenvalue weighted by molar-refractivity contribution is 9.10. The number of benzene rings is 1. The predicted octanol–water partition coefficient (Wildman–Crippen LogP) is 5.77. The Kier molecular flexibility index (Phi) is 4.10. The van der Waals surface area contributed by atoms with Gasteiger partial charge in [0, 0.05) is 22.0 Å². The summed E-state index contributed by atoms with van der Waals surface area (Å²) < 4.78 is 3.18. The first-order chi connectivity index (χ1) is 9.52. The molecule has 2 atom stereocenters. The van der Waals surface area contributed by atoms with Crippen LogP contribution in [0.3, 0.4) is 0 Å². The highest BCUT2D eigenvalue weighted by Crippen LogP contribution is 2.52. The number of hydrogen-bond donors (Lipinski definition) is 0. The third-order valence-electron chi connectivity index (χ3n) is 4.59. The summed E-state index contributed by atoms with van der Waals surface area (Å²) in [5.41, 5.74) is 4.43. The highest BCUT2D eigenvalue weighted by atomic mass is 79.9. The molecule has 0 aromatic heterocycles. The Balaban J connectivity index is 1.98. The van der Waals surface area contributed by atoms with E-state index in [2.05, 4.69) is 54.2 Å². The predicted molar refractivity (Wildman–Crippen MR) is 94.4 cm³/mol. The topological polar surface area (TPSA) is 0 Å². The zero-order chi connectivity index (χ0) is 14.3. The number of nitrogens with zero attached hydrogens (tertiary/aromatic N) is 1. The maximum absolute atomic E-state index is 5.64. The van der Waals surface area contributed by atoms with Gasteiger partial charge in [0.1, 0.15) is 27.9 Å². The van der Waals surface area contributed by atoms with Crippen molar-refractivity contribution in [2.75, 3.05) is 7.05 Å². The fraction of sp³-hybridized carbons (Fsp3) is 0.438. The molecular weight excluding hydrogens is 350 g/mol. The molecule has 0 saturated carbocycles. The second-order valence-corrected chi connectivity index (χ2v) is 8.66. The Labute approximate surface area is 139 Å². The van der Waals surface area contributed by atoms with Crippen molar-refractivity contribution in [2.24, 2.45) is 0 Å². The summed E-state index contributed by atoms with van der Waals surface area (Å²) in [5.74, 6) is 0. The second-order valence-electron chi connectivity index (χ2n) is 5.73. The monoisotopic (exact) mass is 368 g/mol. The van der Waals surface area contributed by atoms with Gasteiger partial charge in [-0.15, -0.1) is 0 Å². The van der Waals surface area contributed by atoms with Crippen LogP contribution in [0.5, 0.6) is 0 Å². The fourth-order valence-corrected chi connectivity index (χ4v) is 5.44. The molecule has 1 aliphatic heterocycles. The lowest BCUT2D eigenvalue weighted by Gasteiger charge is -2.36. The van der Waals surface area contributed by atoms with Gasteiger partial charge >= 0.3 is 0 Å². The Morgan fingerprint density at radius 2 is 1.85 bits per heavy atom. The molecule has 3 rings (SSSR count). The molecule has 0 spiro atoms. The van der Waals surface area contributed by atoms with Gasteiger partial charge in [0.2, 0.25) is 0 Å². The summed E-state index contributed by atoms with van der Waals surface area (Å²) in [6.07, 6.45) is 5.00. The molecule has 0 bridgehead atoms. The van der Waals surface area contributed by atoms with Gasteiger partial charge in [0.05, 0.1) is 7.05 Å². The average molecular weight is 369 g/mol. The fourth-order valence-electron chi connectivity index (χ4n) is 3.22. The normalized spacial score (nSPS) is 27.6. The number of halogens is 1. The first kappa shape index (κ1) is 14.8. The Hall–Kier alpha value is -0.160. The van der Waals surface area contributed by atoms with Crippen molar-refractivity contribution in [1.29, 1.82) is 0 Å². The van der Waals surface area contributed by atoms with Crippen LogP contribution >= 0.6 is 40.1 Å². The smallest absolute Gasteiger partial charge is 0.138 e. The molecule has 0 N–H and O–H groups in total. The first-order valence-electron chi connectivity index (χ1n) is 7.10. The molecule has 20 heavy (non-hydrogen) atoms. The first-order valence-corrected chi connectivity index (χ1v) is 9.08. The van der Waals surface area contributed by atoms with Gasteiger partial charge in [-0.3, -0.25) is 0 Å². The molecule has 0 amide bonds. The molecule has 1 aromatic carbocycles. The molecule has 1 aromatic rings. The van der Waals surface area contributed by atoms with E-state index in [0.29, 0.717) is 6.04 Å². The van der Waals surface area contributed by atoms with Gasteiger partial charge in [-0.25, -0.2) is 3.89 Å². The minimum Gasteiger partial charge on any atom is -0.224 e. The molecule has 1 aliphatic carbocycles. The van der Waals surface area contributed by atoms with Crippen LogP contribution in [0.15, 0.2) is 40.0 Å². The maximum Gasteiger partial charge on any atom is 0.138 e. The van der Waals surface area contributed by atoms with E-state index in [1.807, 2.05) is 11.9 Å². The van der Waals surface area contributed by atoms with E-state index in [9.17, 15) is 0 Å². The van der Waals surface area contributed by atoms with Gasteiger partial charge < -0.3 is 0 Å². The summed E-state index contributed by atoms with van der Waals surface area (Å²) in [7, 11) is 2.33. The third-order valence-corrected chi connectivity index (χ3v) is 6.91. The van der Waals surface area contributed by atoms with Crippen LogP contribution in [0.2, 0.25) is 0 Å². The molecule has 1 nitrogen and oxygen atoms in total. The number of allylic oxidation sites excluding steroid dienone is 1. The van der Waals surface area contributed by atoms with Crippen molar-refractivity contribution < 1.29 is 3.89 Å². The molecule has 2 aliphatic rings. The summed E-state index contributed by atoms with van der Waals surface area (Å²) in [6, 6.07) is 9.14. The largest absolute Gasteiger partial charge is 0.224 e. The van der Waals surface area contributed by atoms with Gasteiger partial charge in [0.15, 0.2) is 0 Å². The van der Waals surface area contributed by atoms with Gasteiger partial charge in [-0.05, 0) is 38.3 Å². The van der Waals surface area contributed by atoms with Crippen molar-refractivity contribution in [3.05, 3.63) is 45.6 Å². The Bertz CT molecular complexity index is 579. The van der Waals surface area contributed by atoms with Crippen molar-refractivity contribution in [2.45, 2.75) is 38.6 Å². The molecule has 4 heteroatoms.